The first-order chi connectivity index (χ1) is 9.10. The third-order valence-electron chi connectivity index (χ3n) is 2.74. The van der Waals surface area contributed by atoms with Crippen LogP contribution in [-0.4, -0.2) is 25.8 Å². The molecule has 6 heteroatoms. The quantitative estimate of drug-likeness (QED) is 0.850. The summed E-state index contributed by atoms with van der Waals surface area (Å²) >= 11 is 1.51. The van der Waals surface area contributed by atoms with E-state index in [0.29, 0.717) is 5.03 Å². The van der Waals surface area contributed by atoms with Crippen molar-refractivity contribution in [3.63, 3.8) is 0 Å². The second kappa shape index (κ2) is 5.88. The summed E-state index contributed by atoms with van der Waals surface area (Å²) in [6.07, 6.45) is 2.43. The van der Waals surface area contributed by atoms with Gasteiger partial charge in [0.2, 0.25) is 0 Å². The van der Waals surface area contributed by atoms with Crippen LogP contribution in [0.25, 0.3) is 0 Å². The lowest BCUT2D eigenvalue weighted by atomic mass is 10.3. The Balaban J connectivity index is 2.07. The number of rotatable bonds is 5. The number of carbonyl (C=O) groups is 1. The second-order valence-electron chi connectivity index (χ2n) is 4.08. The van der Waals surface area contributed by atoms with Gasteiger partial charge in [0.15, 0.2) is 0 Å². The topological polar surface area (TPSA) is 68.0 Å². The Morgan fingerprint density at radius 1 is 1.47 bits per heavy atom. The van der Waals surface area contributed by atoms with Gasteiger partial charge in [0.05, 0.1) is 16.3 Å². The summed E-state index contributed by atoms with van der Waals surface area (Å²) < 4.78 is 1.85. The highest BCUT2D eigenvalue weighted by Crippen LogP contribution is 2.21. The monoisotopic (exact) mass is 277 g/mol. The van der Waals surface area contributed by atoms with Gasteiger partial charge in [-0.25, -0.2) is 9.78 Å². The number of carboxylic acid groups (broad SMARTS) is 1. The number of carboxylic acids is 1. The van der Waals surface area contributed by atoms with Gasteiger partial charge < -0.3 is 5.11 Å². The lowest BCUT2D eigenvalue weighted by molar-refractivity contribution is 0.0696. The summed E-state index contributed by atoms with van der Waals surface area (Å²) in [4.78, 5) is 15.0. The predicted molar refractivity (Wildman–Crippen MR) is 73.3 cm³/mol. The molecule has 2 aromatic heterocycles. The number of thioether (sulfide) groups is 1. The van der Waals surface area contributed by atoms with Gasteiger partial charge in [0.25, 0.3) is 0 Å². The van der Waals surface area contributed by atoms with E-state index in [1.807, 2.05) is 11.7 Å². The molecule has 2 heterocycles. The molecule has 0 bridgehead atoms. The molecule has 100 valence electrons. The Morgan fingerprint density at radius 3 is 2.89 bits per heavy atom. The van der Waals surface area contributed by atoms with Gasteiger partial charge >= 0.3 is 5.97 Å². The Morgan fingerprint density at radius 2 is 2.26 bits per heavy atom. The molecule has 0 atom stereocenters. The van der Waals surface area contributed by atoms with Crippen LogP contribution in [0, 0.1) is 0 Å². The Bertz CT molecular complexity index is 595. The maximum Gasteiger partial charge on any atom is 0.335 e. The van der Waals surface area contributed by atoms with E-state index < -0.39 is 5.97 Å². The second-order valence-corrected chi connectivity index (χ2v) is 5.08. The molecule has 1 N–H and O–H groups in total. The maximum absolute atomic E-state index is 10.9. The summed E-state index contributed by atoms with van der Waals surface area (Å²) in [5.74, 6) is -0.211. The van der Waals surface area contributed by atoms with Crippen LogP contribution in [0.1, 0.15) is 28.7 Å². The third kappa shape index (κ3) is 3.35. The average molecular weight is 277 g/mol. The summed E-state index contributed by atoms with van der Waals surface area (Å²) in [6, 6.07) is 5.14. The molecule has 19 heavy (non-hydrogen) atoms. The minimum absolute atomic E-state index is 0.261. The van der Waals surface area contributed by atoms with Crippen molar-refractivity contribution >= 4 is 17.7 Å². The number of aromatic nitrogens is 3. The van der Waals surface area contributed by atoms with E-state index in [9.17, 15) is 4.79 Å². The van der Waals surface area contributed by atoms with Crippen LogP contribution in [0.15, 0.2) is 29.4 Å². The van der Waals surface area contributed by atoms with Gasteiger partial charge in [0.1, 0.15) is 0 Å². The van der Waals surface area contributed by atoms with E-state index in [4.69, 9.17) is 5.11 Å². The van der Waals surface area contributed by atoms with Crippen LogP contribution in [0.3, 0.4) is 0 Å². The SMILES string of the molecule is CCc1cc(CSc2cc(C(=O)O)ccn2)n(C)n1. The predicted octanol–water partition coefficient (Wildman–Crippen LogP) is 2.37. The van der Waals surface area contributed by atoms with Crippen molar-refractivity contribution in [2.75, 3.05) is 0 Å². The van der Waals surface area contributed by atoms with Crippen molar-refractivity contribution in [1.82, 2.24) is 14.8 Å². The summed E-state index contributed by atoms with van der Waals surface area (Å²) in [5, 5.41) is 14.0. The van der Waals surface area contributed by atoms with E-state index in [-0.39, 0.29) is 5.56 Å². The molecule has 0 fully saturated rings. The van der Waals surface area contributed by atoms with E-state index in [1.54, 1.807) is 6.07 Å². The van der Waals surface area contributed by atoms with Crippen molar-refractivity contribution in [2.24, 2.45) is 7.05 Å². The fraction of sp³-hybridized carbons (Fsp3) is 0.308. The highest BCUT2D eigenvalue weighted by Gasteiger charge is 2.07. The lowest BCUT2D eigenvalue weighted by Gasteiger charge is -2.02. The fourth-order valence-corrected chi connectivity index (χ4v) is 2.56. The molecule has 0 unspecified atom stereocenters. The summed E-state index contributed by atoms with van der Waals surface area (Å²) in [7, 11) is 1.91. The fourth-order valence-electron chi connectivity index (χ4n) is 1.65. The largest absolute Gasteiger partial charge is 0.478 e. The van der Waals surface area contributed by atoms with Crippen LogP contribution < -0.4 is 0 Å². The van der Waals surface area contributed by atoms with Gasteiger partial charge in [-0.1, -0.05) is 6.92 Å². The molecule has 5 nitrogen and oxygen atoms in total. The molecule has 2 rings (SSSR count). The lowest BCUT2D eigenvalue weighted by Crippen LogP contribution is -1.98. The van der Waals surface area contributed by atoms with Gasteiger partial charge in [-0.2, -0.15) is 5.10 Å². The van der Waals surface area contributed by atoms with Crippen LogP contribution >= 0.6 is 11.8 Å². The van der Waals surface area contributed by atoms with Gasteiger partial charge in [-0.15, -0.1) is 11.8 Å². The molecule has 0 saturated heterocycles. The molecular weight excluding hydrogens is 262 g/mol. The van der Waals surface area contributed by atoms with Crippen molar-refractivity contribution < 1.29 is 9.90 Å². The molecule has 0 aliphatic heterocycles. The Hall–Kier alpha value is -1.82. The number of aromatic carboxylic acids is 1. The minimum Gasteiger partial charge on any atom is -0.478 e. The van der Waals surface area contributed by atoms with E-state index in [0.717, 1.165) is 23.6 Å². The summed E-state index contributed by atoms with van der Waals surface area (Å²) in [6.45, 7) is 2.07. The molecule has 0 saturated carbocycles. The highest BCUT2D eigenvalue weighted by atomic mass is 32.2. The van der Waals surface area contributed by atoms with Gasteiger partial charge in [-0.05, 0) is 24.6 Å². The van der Waals surface area contributed by atoms with E-state index >= 15 is 0 Å². The van der Waals surface area contributed by atoms with E-state index in [2.05, 4.69) is 23.1 Å². The molecule has 0 aliphatic carbocycles. The minimum atomic E-state index is -0.932. The number of hydrogen-bond acceptors (Lipinski definition) is 4. The first kappa shape index (κ1) is 13.6. The summed E-state index contributed by atoms with van der Waals surface area (Å²) in [5.41, 5.74) is 2.42. The zero-order valence-electron chi connectivity index (χ0n) is 10.8. The number of hydrogen-bond donors (Lipinski definition) is 1. The molecular formula is C13H15N3O2S. The van der Waals surface area contributed by atoms with Crippen LogP contribution in [0.4, 0.5) is 0 Å². The smallest absolute Gasteiger partial charge is 0.335 e. The van der Waals surface area contributed by atoms with Gasteiger partial charge in [-0.3, -0.25) is 4.68 Å². The van der Waals surface area contributed by atoms with Crippen LogP contribution in [0.5, 0.6) is 0 Å². The maximum atomic E-state index is 10.9. The van der Waals surface area contributed by atoms with Crippen LogP contribution in [0.2, 0.25) is 0 Å². The molecule has 0 radical (unpaired) electrons. The van der Waals surface area contributed by atoms with E-state index in [1.165, 1.54) is 24.0 Å². The molecule has 0 amide bonds. The number of nitrogens with zero attached hydrogens (tertiary/aromatic N) is 3. The molecule has 0 aromatic carbocycles. The number of pyridine rings is 1. The zero-order valence-corrected chi connectivity index (χ0v) is 11.6. The first-order valence-electron chi connectivity index (χ1n) is 5.94. The van der Waals surface area contributed by atoms with Crippen molar-refractivity contribution in [3.05, 3.63) is 41.3 Å². The molecule has 2 aromatic rings. The normalized spacial score (nSPS) is 10.6. The van der Waals surface area contributed by atoms with Crippen LogP contribution in [-0.2, 0) is 19.2 Å². The highest BCUT2D eigenvalue weighted by molar-refractivity contribution is 7.98. The van der Waals surface area contributed by atoms with Crippen molar-refractivity contribution in [2.45, 2.75) is 24.1 Å². The molecule has 0 aliphatic rings. The average Bonchev–Trinajstić information content (AvgIpc) is 2.77. The first-order valence-corrected chi connectivity index (χ1v) is 6.92. The third-order valence-corrected chi connectivity index (χ3v) is 3.70. The standard InChI is InChI=1S/C13H15N3O2S/c1-3-10-7-11(16(2)15-10)8-19-12-6-9(13(17)18)4-5-14-12/h4-7H,3,8H2,1-2H3,(H,17,18). The Kier molecular flexibility index (Phi) is 4.21. The van der Waals surface area contributed by atoms with Gasteiger partial charge in [0, 0.05) is 24.7 Å². The van der Waals surface area contributed by atoms with Crippen molar-refractivity contribution in [3.8, 4) is 0 Å². The Labute approximate surface area is 115 Å². The molecule has 0 spiro atoms. The van der Waals surface area contributed by atoms with Crippen molar-refractivity contribution in [1.29, 1.82) is 0 Å². The number of aryl methyl sites for hydroxylation is 2. The zero-order chi connectivity index (χ0) is 13.8.